The van der Waals surface area contributed by atoms with Gasteiger partial charge in [0.25, 0.3) is 11.2 Å². The number of pyridine rings is 1. The highest BCUT2D eigenvalue weighted by Gasteiger charge is 2.21. The largest absolute Gasteiger partial charge is 0.495 e. The van der Waals surface area contributed by atoms with Gasteiger partial charge in [-0.3, -0.25) is 24.3 Å². The molecular weight excluding hydrogens is 350 g/mol. The Kier molecular flexibility index (Phi) is 5.43. The third-order valence-electron chi connectivity index (χ3n) is 3.63. The van der Waals surface area contributed by atoms with Crippen LogP contribution in [0.1, 0.15) is 18.5 Å². The molecular formula is C16H16ClN3O5. The molecule has 0 fully saturated rings. The Morgan fingerprint density at radius 1 is 1.40 bits per heavy atom. The Hall–Kier alpha value is -2.87. The number of hydrogen-bond donors (Lipinski definition) is 1. The van der Waals surface area contributed by atoms with Crippen LogP contribution in [-0.2, 0) is 4.79 Å². The molecule has 0 aliphatic rings. The smallest absolute Gasteiger partial charge is 0.286 e. The van der Waals surface area contributed by atoms with Crippen LogP contribution >= 0.6 is 11.6 Å². The third kappa shape index (κ3) is 3.97. The van der Waals surface area contributed by atoms with E-state index in [9.17, 15) is 19.7 Å². The van der Waals surface area contributed by atoms with E-state index in [2.05, 4.69) is 5.32 Å². The lowest BCUT2D eigenvalue weighted by Gasteiger charge is -2.17. The normalized spacial score (nSPS) is 11.7. The van der Waals surface area contributed by atoms with E-state index in [1.807, 2.05) is 0 Å². The van der Waals surface area contributed by atoms with Gasteiger partial charge in [0.15, 0.2) is 0 Å². The number of rotatable bonds is 5. The van der Waals surface area contributed by atoms with Gasteiger partial charge in [-0.1, -0.05) is 11.6 Å². The summed E-state index contributed by atoms with van der Waals surface area (Å²) in [5, 5.41) is 14.0. The number of aryl methyl sites for hydroxylation is 1. The minimum absolute atomic E-state index is 0.175. The lowest BCUT2D eigenvalue weighted by atomic mass is 10.2. The van der Waals surface area contributed by atoms with Crippen molar-refractivity contribution in [3.05, 3.63) is 61.5 Å². The molecule has 1 heterocycles. The molecule has 2 aromatic rings. The Labute approximate surface area is 148 Å². The molecule has 0 aliphatic carbocycles. The minimum Gasteiger partial charge on any atom is -0.495 e. The second-order valence-corrected chi connectivity index (χ2v) is 5.80. The number of hydrogen-bond acceptors (Lipinski definition) is 5. The van der Waals surface area contributed by atoms with Gasteiger partial charge in [0.2, 0.25) is 5.91 Å². The van der Waals surface area contributed by atoms with E-state index < -0.39 is 22.4 Å². The molecule has 1 atom stereocenters. The number of halogens is 1. The molecule has 1 N–H and O–H groups in total. The summed E-state index contributed by atoms with van der Waals surface area (Å²) >= 11 is 5.92. The number of carbonyl (C=O) groups is 1. The quantitative estimate of drug-likeness (QED) is 0.648. The first kappa shape index (κ1) is 18.5. The van der Waals surface area contributed by atoms with E-state index in [1.54, 1.807) is 12.1 Å². The van der Waals surface area contributed by atoms with E-state index in [0.29, 0.717) is 16.5 Å². The molecule has 1 aromatic heterocycles. The number of aromatic nitrogens is 1. The van der Waals surface area contributed by atoms with Gasteiger partial charge in [0, 0.05) is 16.7 Å². The Balaban J connectivity index is 2.37. The maximum atomic E-state index is 12.5. The summed E-state index contributed by atoms with van der Waals surface area (Å²) in [6.45, 7) is 2.92. The van der Waals surface area contributed by atoms with Crippen molar-refractivity contribution >= 4 is 28.9 Å². The van der Waals surface area contributed by atoms with Crippen LogP contribution in [0.25, 0.3) is 0 Å². The summed E-state index contributed by atoms with van der Waals surface area (Å²) in [6.07, 6.45) is 1.05. The fraction of sp³-hybridized carbons (Fsp3) is 0.250. The van der Waals surface area contributed by atoms with Gasteiger partial charge < -0.3 is 10.1 Å². The Morgan fingerprint density at radius 2 is 2.08 bits per heavy atom. The fourth-order valence-corrected chi connectivity index (χ4v) is 2.43. The summed E-state index contributed by atoms with van der Waals surface area (Å²) in [5.41, 5.74) is -0.236. The van der Waals surface area contributed by atoms with Crippen molar-refractivity contribution in [2.45, 2.75) is 19.9 Å². The van der Waals surface area contributed by atoms with Crippen molar-refractivity contribution < 1.29 is 14.5 Å². The number of carbonyl (C=O) groups excluding carboxylic acids is 1. The Morgan fingerprint density at radius 3 is 2.68 bits per heavy atom. The molecule has 0 spiro atoms. The number of nitro groups is 1. The number of anilines is 1. The maximum absolute atomic E-state index is 12.5. The van der Waals surface area contributed by atoms with Gasteiger partial charge in [-0.25, -0.2) is 0 Å². The van der Waals surface area contributed by atoms with E-state index in [-0.39, 0.29) is 11.3 Å². The summed E-state index contributed by atoms with van der Waals surface area (Å²) < 4.78 is 6.18. The van der Waals surface area contributed by atoms with E-state index >= 15 is 0 Å². The number of ether oxygens (including phenoxy) is 1. The molecule has 1 aromatic carbocycles. The zero-order chi connectivity index (χ0) is 18.7. The molecule has 0 radical (unpaired) electrons. The predicted octanol–water partition coefficient (Wildman–Crippen LogP) is 2.93. The lowest BCUT2D eigenvalue weighted by molar-refractivity contribution is -0.385. The van der Waals surface area contributed by atoms with Crippen LogP contribution in [0, 0.1) is 17.0 Å². The van der Waals surface area contributed by atoms with Gasteiger partial charge in [0.1, 0.15) is 11.8 Å². The molecule has 132 valence electrons. The SMILES string of the molecule is COc1ccc(Cl)cc1NC(=O)C(C)n1cc([N+](=O)[O-])cc(C)c1=O. The first-order valence-corrected chi connectivity index (χ1v) is 7.64. The molecule has 25 heavy (non-hydrogen) atoms. The highest BCUT2D eigenvalue weighted by atomic mass is 35.5. The van der Waals surface area contributed by atoms with Crippen LogP contribution in [0.15, 0.2) is 35.3 Å². The highest BCUT2D eigenvalue weighted by molar-refractivity contribution is 6.31. The third-order valence-corrected chi connectivity index (χ3v) is 3.87. The molecule has 0 bridgehead atoms. The number of benzene rings is 1. The molecule has 9 heteroatoms. The molecule has 1 unspecified atom stereocenters. The van der Waals surface area contributed by atoms with Crippen molar-refractivity contribution in [3.8, 4) is 5.75 Å². The maximum Gasteiger partial charge on any atom is 0.286 e. The zero-order valence-electron chi connectivity index (χ0n) is 13.8. The zero-order valence-corrected chi connectivity index (χ0v) is 14.5. The van der Waals surface area contributed by atoms with Crippen molar-refractivity contribution in [1.29, 1.82) is 0 Å². The second-order valence-electron chi connectivity index (χ2n) is 5.36. The molecule has 0 aliphatic heterocycles. The molecule has 8 nitrogen and oxygen atoms in total. The standard InChI is InChI=1S/C16H16ClN3O5/c1-9-6-12(20(23)24)8-19(16(9)22)10(2)15(21)18-13-7-11(17)4-5-14(13)25-3/h4-8,10H,1-3H3,(H,18,21). The Bertz CT molecular complexity index is 894. The number of nitrogens with one attached hydrogen (secondary N) is 1. The van der Waals surface area contributed by atoms with Crippen molar-refractivity contribution in [2.75, 3.05) is 12.4 Å². The number of amides is 1. The van der Waals surface area contributed by atoms with Crippen molar-refractivity contribution in [1.82, 2.24) is 4.57 Å². The van der Waals surface area contributed by atoms with Crippen LogP contribution < -0.4 is 15.6 Å². The van der Waals surface area contributed by atoms with Crippen LogP contribution in [0.3, 0.4) is 0 Å². The lowest BCUT2D eigenvalue weighted by Crippen LogP contribution is -2.32. The molecule has 0 saturated heterocycles. The summed E-state index contributed by atoms with van der Waals surface area (Å²) in [4.78, 5) is 35.1. The molecule has 1 amide bonds. The number of nitrogens with zero attached hydrogens (tertiary/aromatic N) is 2. The van der Waals surface area contributed by atoms with Crippen molar-refractivity contribution in [3.63, 3.8) is 0 Å². The first-order valence-electron chi connectivity index (χ1n) is 7.26. The average Bonchev–Trinajstić information content (AvgIpc) is 2.56. The van der Waals surface area contributed by atoms with Gasteiger partial charge in [0.05, 0.1) is 23.9 Å². The summed E-state index contributed by atoms with van der Waals surface area (Å²) in [7, 11) is 1.44. The average molecular weight is 366 g/mol. The fourth-order valence-electron chi connectivity index (χ4n) is 2.25. The van der Waals surface area contributed by atoms with Gasteiger partial charge in [-0.15, -0.1) is 0 Å². The minimum atomic E-state index is -0.977. The van der Waals surface area contributed by atoms with Gasteiger partial charge in [-0.2, -0.15) is 0 Å². The summed E-state index contributed by atoms with van der Waals surface area (Å²) in [6, 6.07) is 4.89. The first-order chi connectivity index (χ1) is 11.7. The highest BCUT2D eigenvalue weighted by Crippen LogP contribution is 2.28. The monoisotopic (exact) mass is 365 g/mol. The molecule has 2 rings (SSSR count). The van der Waals surface area contributed by atoms with Crippen LogP contribution in [0.5, 0.6) is 5.75 Å². The van der Waals surface area contributed by atoms with Gasteiger partial charge >= 0.3 is 0 Å². The topological polar surface area (TPSA) is 103 Å². The second kappa shape index (κ2) is 7.35. The summed E-state index contributed by atoms with van der Waals surface area (Å²) in [5.74, 6) is -0.143. The van der Waals surface area contributed by atoms with Crippen molar-refractivity contribution in [2.24, 2.45) is 0 Å². The molecule has 0 saturated carbocycles. The number of methoxy groups -OCH3 is 1. The van der Waals surface area contributed by atoms with E-state index in [0.717, 1.165) is 10.8 Å². The van der Waals surface area contributed by atoms with Crippen LogP contribution in [-0.4, -0.2) is 22.5 Å². The van der Waals surface area contributed by atoms with Crippen LogP contribution in [0.4, 0.5) is 11.4 Å². The van der Waals surface area contributed by atoms with Gasteiger partial charge in [-0.05, 0) is 32.0 Å². The van der Waals surface area contributed by atoms with Crippen LogP contribution in [0.2, 0.25) is 5.02 Å². The van der Waals surface area contributed by atoms with E-state index in [4.69, 9.17) is 16.3 Å². The van der Waals surface area contributed by atoms with E-state index in [1.165, 1.54) is 33.1 Å². The predicted molar refractivity (Wildman–Crippen MR) is 93.4 cm³/mol.